The van der Waals surface area contributed by atoms with Gasteiger partial charge < -0.3 is 9.84 Å². The lowest BCUT2D eigenvalue weighted by molar-refractivity contribution is -0.380. The molecule has 0 bridgehead atoms. The lowest BCUT2D eigenvalue weighted by Crippen LogP contribution is -1.99. The quantitative estimate of drug-likeness (QED) is 0.476. The van der Waals surface area contributed by atoms with Gasteiger partial charge in [-0.05, 0) is 0 Å². The fourth-order valence-corrected chi connectivity index (χ4v) is 1.58. The van der Waals surface area contributed by atoms with Gasteiger partial charge in [0.1, 0.15) is 6.61 Å². The third-order valence-electron chi connectivity index (χ3n) is 1.37. The van der Waals surface area contributed by atoms with Crippen molar-refractivity contribution in [1.82, 2.24) is 0 Å². The summed E-state index contributed by atoms with van der Waals surface area (Å²) < 4.78 is 4.87. The Hall–Kier alpha value is -2.07. The highest BCUT2D eigenvalue weighted by molar-refractivity contribution is 7.17. The van der Waals surface area contributed by atoms with Crippen molar-refractivity contribution in [2.75, 3.05) is 6.61 Å². The first-order chi connectivity index (χ1) is 7.06. The third kappa shape index (κ3) is 2.45. The lowest BCUT2D eigenvalue weighted by atomic mass is 10.4. The van der Waals surface area contributed by atoms with Crippen molar-refractivity contribution < 1.29 is 19.6 Å². The molecule has 1 N–H and O–H groups in total. The summed E-state index contributed by atoms with van der Waals surface area (Å²) in [6.07, 6.45) is 4.92. The Morgan fingerprint density at radius 2 is 2.47 bits per heavy atom. The molecule has 0 unspecified atom stereocenters. The van der Waals surface area contributed by atoms with Crippen LogP contribution in [0.4, 0.5) is 5.00 Å². The summed E-state index contributed by atoms with van der Waals surface area (Å²) in [4.78, 5) is 20.2. The molecule has 0 atom stereocenters. The van der Waals surface area contributed by atoms with E-state index in [1.165, 1.54) is 0 Å². The van der Waals surface area contributed by atoms with Crippen LogP contribution < -0.4 is 4.74 Å². The van der Waals surface area contributed by atoms with Crippen molar-refractivity contribution in [1.29, 1.82) is 0 Å². The zero-order valence-electron chi connectivity index (χ0n) is 7.30. The molecule has 0 aliphatic heterocycles. The number of carboxylic acid groups (broad SMARTS) is 1. The summed E-state index contributed by atoms with van der Waals surface area (Å²) in [7, 11) is 0. The van der Waals surface area contributed by atoms with Crippen LogP contribution in [0.5, 0.6) is 5.75 Å². The Bertz CT molecular complexity index is 444. The van der Waals surface area contributed by atoms with Crippen LogP contribution in [0.1, 0.15) is 9.67 Å². The Labute approximate surface area is 88.3 Å². The number of nitrogens with zero attached hydrogens (tertiary/aromatic N) is 1. The Morgan fingerprint density at radius 1 is 1.80 bits per heavy atom. The molecule has 78 valence electrons. The molecule has 0 spiro atoms. The standard InChI is InChI=1S/C8H5NO5S/c1-2-3-14-5-4-6(9(12)13)15-7(5)8(10)11/h1,4H,3H2,(H,10,11). The number of terminal acetylenes is 1. The van der Waals surface area contributed by atoms with Gasteiger partial charge in [-0.1, -0.05) is 17.3 Å². The number of thiophene rings is 1. The molecule has 0 aromatic carbocycles. The molecule has 1 rings (SSSR count). The van der Waals surface area contributed by atoms with Gasteiger partial charge in [-0.15, -0.1) is 6.42 Å². The molecule has 1 heterocycles. The van der Waals surface area contributed by atoms with E-state index < -0.39 is 10.9 Å². The van der Waals surface area contributed by atoms with Gasteiger partial charge in [0.2, 0.25) is 0 Å². The average molecular weight is 227 g/mol. The van der Waals surface area contributed by atoms with Gasteiger partial charge in [-0.3, -0.25) is 10.1 Å². The van der Waals surface area contributed by atoms with Crippen LogP contribution in [0.3, 0.4) is 0 Å². The van der Waals surface area contributed by atoms with E-state index in [0.717, 1.165) is 6.07 Å². The van der Waals surface area contributed by atoms with E-state index in [9.17, 15) is 14.9 Å². The monoisotopic (exact) mass is 227 g/mol. The topological polar surface area (TPSA) is 89.7 Å². The number of ether oxygens (including phenoxy) is 1. The number of rotatable bonds is 4. The minimum atomic E-state index is -1.28. The van der Waals surface area contributed by atoms with Gasteiger partial charge in [0.25, 0.3) is 0 Å². The predicted octanol–water partition coefficient (Wildman–Crippen LogP) is 1.37. The van der Waals surface area contributed by atoms with Crippen LogP contribution in [-0.4, -0.2) is 22.6 Å². The maximum absolute atomic E-state index is 10.7. The van der Waals surface area contributed by atoms with Crippen molar-refractivity contribution in [3.63, 3.8) is 0 Å². The molecule has 0 saturated heterocycles. The van der Waals surface area contributed by atoms with Crippen LogP contribution >= 0.6 is 11.3 Å². The SMILES string of the molecule is C#CCOc1cc([N+](=O)[O-])sc1C(=O)O. The first-order valence-corrected chi connectivity index (χ1v) is 4.45. The minimum Gasteiger partial charge on any atom is -0.479 e. The number of nitro groups is 1. The largest absolute Gasteiger partial charge is 0.479 e. The van der Waals surface area contributed by atoms with Gasteiger partial charge in [0, 0.05) is 0 Å². The van der Waals surface area contributed by atoms with E-state index in [4.69, 9.17) is 16.3 Å². The number of aromatic carboxylic acids is 1. The molecule has 1 aromatic rings. The molecular weight excluding hydrogens is 222 g/mol. The van der Waals surface area contributed by atoms with Gasteiger partial charge >= 0.3 is 11.0 Å². The molecule has 0 aliphatic carbocycles. The van der Waals surface area contributed by atoms with Crippen LogP contribution in [-0.2, 0) is 0 Å². The summed E-state index contributed by atoms with van der Waals surface area (Å²) in [5.41, 5.74) is 0. The van der Waals surface area contributed by atoms with Crippen LogP contribution in [0.2, 0.25) is 0 Å². The van der Waals surface area contributed by atoms with Crippen LogP contribution in [0, 0.1) is 22.5 Å². The van der Waals surface area contributed by atoms with Gasteiger partial charge in [0.15, 0.2) is 10.6 Å². The lowest BCUT2D eigenvalue weighted by Gasteiger charge is -1.98. The summed E-state index contributed by atoms with van der Waals surface area (Å²) in [6, 6.07) is 1.05. The fraction of sp³-hybridized carbons (Fsp3) is 0.125. The average Bonchev–Trinajstić information content (AvgIpc) is 2.58. The maximum atomic E-state index is 10.7. The molecule has 0 aliphatic rings. The Balaban J connectivity index is 3.07. The van der Waals surface area contributed by atoms with E-state index in [2.05, 4.69) is 5.92 Å². The molecular formula is C8H5NO5S. The smallest absolute Gasteiger partial charge is 0.349 e. The second kappa shape index (κ2) is 4.43. The number of carboxylic acids is 1. The van der Waals surface area contributed by atoms with Gasteiger partial charge in [0.05, 0.1) is 11.0 Å². The molecule has 0 fully saturated rings. The predicted molar refractivity (Wildman–Crippen MR) is 52.3 cm³/mol. The minimum absolute atomic E-state index is 0.0721. The van der Waals surface area contributed by atoms with E-state index in [0.29, 0.717) is 11.3 Å². The number of carbonyl (C=O) groups is 1. The van der Waals surface area contributed by atoms with Crippen LogP contribution in [0.15, 0.2) is 6.07 Å². The number of hydrogen-bond acceptors (Lipinski definition) is 5. The van der Waals surface area contributed by atoms with Gasteiger partial charge in [-0.2, -0.15) is 0 Å². The molecule has 0 amide bonds. The van der Waals surface area contributed by atoms with Crippen molar-refractivity contribution in [2.45, 2.75) is 0 Å². The van der Waals surface area contributed by atoms with E-state index in [1.807, 2.05) is 0 Å². The van der Waals surface area contributed by atoms with Crippen LogP contribution in [0.25, 0.3) is 0 Å². The highest BCUT2D eigenvalue weighted by Crippen LogP contribution is 2.34. The highest BCUT2D eigenvalue weighted by atomic mass is 32.1. The van der Waals surface area contributed by atoms with E-state index >= 15 is 0 Å². The number of hydrogen-bond donors (Lipinski definition) is 1. The fourth-order valence-electron chi connectivity index (χ4n) is 0.828. The first-order valence-electron chi connectivity index (χ1n) is 3.64. The highest BCUT2D eigenvalue weighted by Gasteiger charge is 2.22. The van der Waals surface area contributed by atoms with E-state index in [-0.39, 0.29) is 22.2 Å². The zero-order chi connectivity index (χ0) is 11.4. The molecule has 6 nitrogen and oxygen atoms in total. The molecule has 0 saturated carbocycles. The van der Waals surface area contributed by atoms with Crippen molar-refractivity contribution in [3.05, 3.63) is 21.1 Å². The van der Waals surface area contributed by atoms with Gasteiger partial charge in [-0.25, -0.2) is 4.79 Å². The summed E-state index contributed by atoms with van der Waals surface area (Å²) >= 11 is 0.534. The summed E-state index contributed by atoms with van der Waals surface area (Å²) in [6.45, 7) is -0.131. The van der Waals surface area contributed by atoms with Crippen molar-refractivity contribution in [2.24, 2.45) is 0 Å². The van der Waals surface area contributed by atoms with E-state index in [1.54, 1.807) is 0 Å². The molecule has 15 heavy (non-hydrogen) atoms. The molecule has 1 aromatic heterocycles. The third-order valence-corrected chi connectivity index (χ3v) is 2.43. The van der Waals surface area contributed by atoms with Crippen molar-refractivity contribution in [3.8, 4) is 18.1 Å². The van der Waals surface area contributed by atoms with Crippen molar-refractivity contribution >= 4 is 22.3 Å². The first kappa shape index (κ1) is 11.0. The maximum Gasteiger partial charge on any atom is 0.349 e. The summed E-state index contributed by atoms with van der Waals surface area (Å²) in [5, 5.41) is 18.8. The molecule has 0 radical (unpaired) electrons. The second-order valence-corrected chi connectivity index (χ2v) is 3.36. The molecule has 7 heteroatoms. The normalized spacial score (nSPS) is 9.27. The zero-order valence-corrected chi connectivity index (χ0v) is 8.11. The second-order valence-electron chi connectivity index (χ2n) is 2.33. The Morgan fingerprint density at radius 3 is 2.93 bits per heavy atom. The Kier molecular flexibility index (Phi) is 3.25. The summed E-state index contributed by atoms with van der Waals surface area (Å²) in [5.74, 6) is 0.791.